The molecule has 1 atom stereocenters. The van der Waals surface area contributed by atoms with Gasteiger partial charge in [-0.2, -0.15) is 0 Å². The van der Waals surface area contributed by atoms with E-state index in [1.807, 2.05) is 0 Å². The zero-order chi connectivity index (χ0) is 16.6. The molecule has 1 aliphatic rings. The lowest BCUT2D eigenvalue weighted by Gasteiger charge is -2.15. The Bertz CT molecular complexity index is 623. The minimum Gasteiger partial charge on any atom is -0.391 e. The van der Waals surface area contributed by atoms with Crippen molar-refractivity contribution in [3.63, 3.8) is 0 Å². The van der Waals surface area contributed by atoms with Gasteiger partial charge in [0.1, 0.15) is 5.69 Å². The van der Waals surface area contributed by atoms with Gasteiger partial charge in [0, 0.05) is 13.1 Å². The molecule has 0 unspecified atom stereocenters. The Morgan fingerprint density at radius 1 is 1.00 bits per heavy atom. The van der Waals surface area contributed by atoms with Crippen LogP contribution >= 0.6 is 0 Å². The van der Waals surface area contributed by atoms with Crippen LogP contribution in [0.5, 0.6) is 0 Å². The maximum atomic E-state index is 13.4. The van der Waals surface area contributed by atoms with Crippen LogP contribution in [-0.2, 0) is 9.59 Å². The molecule has 1 heterocycles. The molecule has 0 radical (unpaired) electrons. The van der Waals surface area contributed by atoms with Crippen molar-refractivity contribution >= 4 is 17.5 Å². The molecule has 1 aromatic carbocycles. The number of likely N-dealkylation sites (tertiary alicyclic amines) is 1. The zero-order valence-corrected chi connectivity index (χ0v) is 10.8. The molecule has 120 valence electrons. The van der Waals surface area contributed by atoms with Crippen molar-refractivity contribution < 1.29 is 36.6 Å². The van der Waals surface area contributed by atoms with E-state index >= 15 is 0 Å². The molecule has 1 aromatic rings. The molecule has 22 heavy (non-hydrogen) atoms. The van der Waals surface area contributed by atoms with Crippen LogP contribution in [0.1, 0.15) is 6.42 Å². The summed E-state index contributed by atoms with van der Waals surface area (Å²) in [5.74, 6) is -14.2. The van der Waals surface area contributed by atoms with E-state index in [4.69, 9.17) is 0 Å². The quantitative estimate of drug-likeness (QED) is 0.349. The molecule has 1 aliphatic heterocycles. The number of nitrogens with zero attached hydrogens (tertiary/aromatic N) is 1. The Balaban J connectivity index is 2.24. The molecule has 0 saturated carbocycles. The Hall–Kier alpha value is -2.23. The van der Waals surface area contributed by atoms with Gasteiger partial charge >= 0.3 is 11.8 Å². The predicted molar refractivity (Wildman–Crippen MR) is 62.1 cm³/mol. The van der Waals surface area contributed by atoms with E-state index in [9.17, 15) is 36.6 Å². The van der Waals surface area contributed by atoms with Gasteiger partial charge in [0.05, 0.1) is 6.10 Å². The number of hydrogen-bond acceptors (Lipinski definition) is 3. The van der Waals surface area contributed by atoms with Crippen LogP contribution in [0.2, 0.25) is 0 Å². The summed E-state index contributed by atoms with van der Waals surface area (Å²) in [5.41, 5.74) is -1.60. The smallest absolute Gasteiger partial charge is 0.314 e. The van der Waals surface area contributed by atoms with Crippen LogP contribution in [0.4, 0.5) is 27.6 Å². The molecular weight excluding hydrogens is 315 g/mol. The number of benzene rings is 1. The Morgan fingerprint density at radius 3 is 1.95 bits per heavy atom. The number of carbonyl (C=O) groups is 2. The van der Waals surface area contributed by atoms with Crippen LogP contribution < -0.4 is 5.32 Å². The summed E-state index contributed by atoms with van der Waals surface area (Å²) in [5, 5.41) is 10.6. The van der Waals surface area contributed by atoms with Gasteiger partial charge in [0.2, 0.25) is 5.82 Å². The van der Waals surface area contributed by atoms with Crippen molar-refractivity contribution in [3.8, 4) is 0 Å². The van der Waals surface area contributed by atoms with Crippen LogP contribution in [0.25, 0.3) is 0 Å². The molecule has 2 amide bonds. The summed E-state index contributed by atoms with van der Waals surface area (Å²) in [6.07, 6.45) is -0.632. The lowest BCUT2D eigenvalue weighted by molar-refractivity contribution is -0.142. The molecule has 0 aromatic heterocycles. The first-order chi connectivity index (χ1) is 10.2. The maximum absolute atomic E-state index is 13.4. The topological polar surface area (TPSA) is 69.6 Å². The summed E-state index contributed by atoms with van der Waals surface area (Å²) >= 11 is 0. The molecular formula is C12H9F5N2O3. The highest BCUT2D eigenvalue weighted by atomic mass is 19.2. The van der Waals surface area contributed by atoms with E-state index in [2.05, 4.69) is 0 Å². The second-order valence-electron chi connectivity index (χ2n) is 4.59. The third-order valence-corrected chi connectivity index (χ3v) is 3.09. The van der Waals surface area contributed by atoms with E-state index in [0.717, 1.165) is 4.90 Å². The fourth-order valence-corrected chi connectivity index (χ4v) is 1.95. The number of nitrogens with one attached hydrogen (secondary N) is 1. The van der Waals surface area contributed by atoms with E-state index in [1.165, 1.54) is 5.32 Å². The minimum absolute atomic E-state index is 0.0323. The van der Waals surface area contributed by atoms with Crippen molar-refractivity contribution in [1.29, 1.82) is 0 Å². The fourth-order valence-electron chi connectivity index (χ4n) is 1.95. The third kappa shape index (κ3) is 2.73. The maximum Gasteiger partial charge on any atom is 0.314 e. The van der Waals surface area contributed by atoms with Crippen LogP contribution in [0.3, 0.4) is 0 Å². The van der Waals surface area contributed by atoms with Crippen molar-refractivity contribution in [3.05, 3.63) is 29.1 Å². The monoisotopic (exact) mass is 324 g/mol. The standard InChI is InChI=1S/C12H9F5N2O3/c13-5-6(14)8(16)10(9(17)7(5)15)18-11(21)12(22)19-2-1-4(20)3-19/h4,20H,1-3H2,(H,18,21)/t4-/m0/s1. The van der Waals surface area contributed by atoms with Crippen molar-refractivity contribution in [2.75, 3.05) is 18.4 Å². The summed E-state index contributed by atoms with van der Waals surface area (Å²) in [7, 11) is 0. The van der Waals surface area contributed by atoms with Gasteiger partial charge in [-0.3, -0.25) is 9.59 Å². The number of anilines is 1. The molecule has 0 spiro atoms. The number of amides is 2. The third-order valence-electron chi connectivity index (χ3n) is 3.09. The zero-order valence-electron chi connectivity index (χ0n) is 10.8. The highest BCUT2D eigenvalue weighted by Crippen LogP contribution is 2.27. The van der Waals surface area contributed by atoms with E-state index in [0.29, 0.717) is 0 Å². The normalized spacial score (nSPS) is 17.7. The average molecular weight is 324 g/mol. The largest absolute Gasteiger partial charge is 0.391 e. The van der Waals surface area contributed by atoms with E-state index in [1.54, 1.807) is 0 Å². The summed E-state index contributed by atoms with van der Waals surface area (Å²) in [6, 6.07) is 0. The number of carbonyl (C=O) groups excluding carboxylic acids is 2. The molecule has 0 bridgehead atoms. The minimum atomic E-state index is -2.37. The van der Waals surface area contributed by atoms with Gasteiger partial charge in [-0.15, -0.1) is 0 Å². The van der Waals surface area contributed by atoms with Crippen molar-refractivity contribution in [1.82, 2.24) is 4.90 Å². The lowest BCUT2D eigenvalue weighted by atomic mass is 10.2. The highest BCUT2D eigenvalue weighted by molar-refractivity contribution is 6.39. The number of halogens is 5. The fraction of sp³-hybridized carbons (Fsp3) is 0.333. The molecule has 1 fully saturated rings. The number of rotatable bonds is 1. The predicted octanol–water partition coefficient (Wildman–Crippen LogP) is 0.914. The van der Waals surface area contributed by atoms with Gasteiger partial charge in [-0.25, -0.2) is 22.0 Å². The average Bonchev–Trinajstić information content (AvgIpc) is 2.93. The number of aliphatic hydroxyl groups excluding tert-OH is 1. The molecule has 1 saturated heterocycles. The van der Waals surface area contributed by atoms with Crippen molar-refractivity contribution in [2.45, 2.75) is 12.5 Å². The van der Waals surface area contributed by atoms with Gasteiger partial charge in [-0.05, 0) is 6.42 Å². The molecule has 10 heteroatoms. The van der Waals surface area contributed by atoms with Crippen LogP contribution in [0, 0.1) is 29.1 Å². The Kier molecular flexibility index (Phi) is 4.31. The Morgan fingerprint density at radius 2 is 1.50 bits per heavy atom. The highest BCUT2D eigenvalue weighted by Gasteiger charge is 2.32. The number of hydrogen-bond donors (Lipinski definition) is 2. The van der Waals surface area contributed by atoms with E-state index < -0.39 is 52.7 Å². The first-order valence-electron chi connectivity index (χ1n) is 6.03. The summed E-state index contributed by atoms with van der Waals surface area (Å²) in [4.78, 5) is 24.1. The number of β-amino-alcohol motifs (C(OH)–C–C–N with tert-alkyl or cyclic N) is 1. The first kappa shape index (κ1) is 16.1. The van der Waals surface area contributed by atoms with E-state index in [-0.39, 0.29) is 19.5 Å². The van der Waals surface area contributed by atoms with Crippen LogP contribution in [-0.4, -0.2) is 41.0 Å². The summed E-state index contributed by atoms with van der Waals surface area (Å²) < 4.78 is 65.5. The first-order valence-corrected chi connectivity index (χ1v) is 6.03. The van der Waals surface area contributed by atoms with Gasteiger partial charge in [0.15, 0.2) is 23.3 Å². The van der Waals surface area contributed by atoms with Crippen LogP contribution in [0.15, 0.2) is 0 Å². The lowest BCUT2D eigenvalue weighted by Crippen LogP contribution is -2.39. The van der Waals surface area contributed by atoms with Crippen molar-refractivity contribution in [2.24, 2.45) is 0 Å². The SMILES string of the molecule is O=C(Nc1c(F)c(F)c(F)c(F)c1F)C(=O)N1CC[C@H](O)C1. The molecule has 5 nitrogen and oxygen atoms in total. The van der Waals surface area contributed by atoms with Gasteiger partial charge in [0.25, 0.3) is 0 Å². The molecule has 0 aliphatic carbocycles. The molecule has 2 rings (SSSR count). The second-order valence-corrected chi connectivity index (χ2v) is 4.59. The van der Waals surface area contributed by atoms with Gasteiger partial charge in [-0.1, -0.05) is 0 Å². The van der Waals surface area contributed by atoms with Gasteiger partial charge < -0.3 is 15.3 Å². The summed E-state index contributed by atoms with van der Waals surface area (Å²) in [6.45, 7) is -0.131. The second kappa shape index (κ2) is 5.87. The Labute approximate surface area is 120 Å². The molecule has 2 N–H and O–H groups in total. The number of aliphatic hydroxyl groups is 1.